The number of benzene rings is 1. The number of anilines is 1. The molecule has 1 aromatic rings. The maximum atomic E-state index is 11.2. The van der Waals surface area contributed by atoms with E-state index in [-0.39, 0.29) is 22.5 Å². The maximum absolute atomic E-state index is 11.2. The third-order valence-electron chi connectivity index (χ3n) is 2.34. The second kappa shape index (κ2) is 5.98. The van der Waals surface area contributed by atoms with E-state index in [1.54, 1.807) is 13.0 Å². The van der Waals surface area contributed by atoms with Gasteiger partial charge in [-0.1, -0.05) is 0 Å². The Morgan fingerprint density at radius 3 is 2.60 bits per heavy atom. The molecular weight excluding hydrogens is 260 g/mol. The van der Waals surface area contributed by atoms with Crippen LogP contribution in [0.3, 0.4) is 0 Å². The second-order valence-electron chi connectivity index (χ2n) is 3.73. The molecule has 0 radical (unpaired) electrons. The molecule has 0 aliphatic rings. The Hall–Kier alpha value is -3.39. The number of hydrazone groups is 1. The zero-order valence-electron chi connectivity index (χ0n) is 10.4. The van der Waals surface area contributed by atoms with Gasteiger partial charge in [0, 0.05) is 0 Å². The molecule has 0 unspecified atom stereocenters. The van der Waals surface area contributed by atoms with Crippen LogP contribution in [0.4, 0.5) is 5.69 Å². The lowest BCUT2D eigenvalue weighted by Crippen LogP contribution is -2.22. The Balaban J connectivity index is 3.33. The lowest BCUT2D eigenvalue weighted by molar-refractivity contribution is 0.0698. The lowest BCUT2D eigenvalue weighted by Gasteiger charge is -2.09. The molecule has 0 saturated heterocycles. The molecule has 1 aromatic carbocycles. The largest absolute Gasteiger partial charge is 0.478 e. The number of nitrogens with two attached hydrogens (primary N) is 1. The molecule has 0 amide bonds. The van der Waals surface area contributed by atoms with Gasteiger partial charge in [0.25, 0.3) is 0 Å². The van der Waals surface area contributed by atoms with Crippen LogP contribution in [0.25, 0.3) is 0 Å². The molecule has 0 bridgehead atoms. The Bertz CT molecular complexity index is 693. The van der Waals surface area contributed by atoms with Crippen molar-refractivity contribution in [3.05, 3.63) is 28.8 Å². The molecule has 8 nitrogen and oxygen atoms in total. The number of nitriles is 2. The summed E-state index contributed by atoms with van der Waals surface area (Å²) in [5.41, 5.74) is 7.78. The van der Waals surface area contributed by atoms with Crippen molar-refractivity contribution in [2.75, 3.05) is 5.43 Å². The third-order valence-corrected chi connectivity index (χ3v) is 2.34. The van der Waals surface area contributed by atoms with Crippen molar-refractivity contribution in [1.29, 1.82) is 15.9 Å². The number of nitrogens with one attached hydrogen (secondary N) is 2. The van der Waals surface area contributed by atoms with Crippen LogP contribution < -0.4 is 11.2 Å². The Morgan fingerprint density at radius 1 is 1.50 bits per heavy atom. The van der Waals surface area contributed by atoms with Gasteiger partial charge in [-0.2, -0.15) is 15.6 Å². The molecule has 0 fully saturated rings. The highest BCUT2D eigenvalue weighted by atomic mass is 16.4. The fourth-order valence-corrected chi connectivity index (χ4v) is 1.43. The van der Waals surface area contributed by atoms with Crippen LogP contribution in [0.5, 0.6) is 0 Å². The smallest absolute Gasteiger partial charge is 0.337 e. The minimum atomic E-state index is -1.25. The molecule has 1 rings (SSSR count). The van der Waals surface area contributed by atoms with Gasteiger partial charge in [-0.25, -0.2) is 4.79 Å². The molecule has 0 aliphatic heterocycles. The summed E-state index contributed by atoms with van der Waals surface area (Å²) in [6.45, 7) is 1.59. The van der Waals surface area contributed by atoms with E-state index >= 15 is 0 Å². The number of aromatic carboxylic acids is 1. The first-order chi connectivity index (χ1) is 9.40. The van der Waals surface area contributed by atoms with E-state index in [2.05, 4.69) is 10.5 Å². The average molecular weight is 270 g/mol. The summed E-state index contributed by atoms with van der Waals surface area (Å²) < 4.78 is 0. The third kappa shape index (κ3) is 3.09. The molecule has 0 aliphatic carbocycles. The van der Waals surface area contributed by atoms with E-state index in [0.717, 1.165) is 0 Å². The van der Waals surface area contributed by atoms with Gasteiger partial charge in [0.1, 0.15) is 6.07 Å². The van der Waals surface area contributed by atoms with Crippen LogP contribution >= 0.6 is 0 Å². The number of carboxylic acid groups (broad SMARTS) is 1. The minimum absolute atomic E-state index is 0.130. The number of hydrogen-bond acceptors (Lipinski definition) is 6. The molecular formula is C12H10N6O2. The van der Waals surface area contributed by atoms with Crippen LogP contribution in [0.1, 0.15) is 21.5 Å². The highest BCUT2D eigenvalue weighted by molar-refractivity contribution is 6.45. The lowest BCUT2D eigenvalue weighted by atomic mass is 10.0. The standard InChI is InChI=1S/C12H10N6O2/c1-6-2-7(4-13)3-8(12(19)20)10(6)18-17-9(5-14)11(15)16/h2-3,18H,1H3,(H3,15,16)(H,19,20)/b17-9+. The van der Waals surface area contributed by atoms with E-state index in [0.29, 0.717) is 5.56 Å². The predicted molar refractivity (Wildman–Crippen MR) is 71.4 cm³/mol. The van der Waals surface area contributed by atoms with Crippen molar-refractivity contribution < 1.29 is 9.90 Å². The van der Waals surface area contributed by atoms with Crippen molar-refractivity contribution in [1.82, 2.24) is 0 Å². The SMILES string of the molecule is Cc1cc(C#N)cc(C(=O)O)c1N/N=C(\C#N)C(=N)N. The molecule has 8 heteroatoms. The summed E-state index contributed by atoms with van der Waals surface area (Å²) in [5.74, 6) is -1.78. The molecule has 0 spiro atoms. The normalized spacial score (nSPS) is 10.2. The van der Waals surface area contributed by atoms with Gasteiger partial charge < -0.3 is 10.8 Å². The molecule has 0 atom stereocenters. The predicted octanol–water partition coefficient (Wildman–Crippen LogP) is 0.792. The average Bonchev–Trinajstić information content (AvgIpc) is 2.39. The first-order valence-corrected chi connectivity index (χ1v) is 5.27. The van der Waals surface area contributed by atoms with Crippen molar-refractivity contribution in [3.63, 3.8) is 0 Å². The van der Waals surface area contributed by atoms with E-state index in [1.807, 2.05) is 6.07 Å². The quantitative estimate of drug-likeness (QED) is 0.359. The van der Waals surface area contributed by atoms with Crippen LogP contribution in [0.15, 0.2) is 17.2 Å². The van der Waals surface area contributed by atoms with Crippen LogP contribution in [0.2, 0.25) is 0 Å². The number of rotatable bonds is 4. The molecule has 0 saturated carbocycles. The highest BCUT2D eigenvalue weighted by Gasteiger charge is 2.14. The van der Waals surface area contributed by atoms with Crippen molar-refractivity contribution >= 4 is 23.2 Å². The number of amidine groups is 1. The van der Waals surface area contributed by atoms with Gasteiger partial charge in [-0.3, -0.25) is 10.8 Å². The Labute approximate surface area is 114 Å². The topological polar surface area (TPSA) is 159 Å². The summed E-state index contributed by atoms with van der Waals surface area (Å²) in [6, 6.07) is 6.12. The Morgan fingerprint density at radius 2 is 2.15 bits per heavy atom. The maximum Gasteiger partial charge on any atom is 0.337 e. The van der Waals surface area contributed by atoms with E-state index in [1.165, 1.54) is 12.1 Å². The van der Waals surface area contributed by atoms with Crippen LogP contribution in [0, 0.1) is 35.0 Å². The van der Waals surface area contributed by atoms with Gasteiger partial charge in [-0.15, -0.1) is 0 Å². The Kier molecular flexibility index (Phi) is 4.38. The molecule has 20 heavy (non-hydrogen) atoms. The van der Waals surface area contributed by atoms with Crippen LogP contribution in [-0.4, -0.2) is 22.6 Å². The fraction of sp³-hybridized carbons (Fsp3) is 0.0833. The molecule has 100 valence electrons. The summed E-state index contributed by atoms with van der Waals surface area (Å²) >= 11 is 0. The zero-order valence-corrected chi connectivity index (χ0v) is 10.4. The number of nitrogens with zero attached hydrogens (tertiary/aromatic N) is 3. The van der Waals surface area contributed by atoms with E-state index in [9.17, 15) is 4.79 Å². The molecule has 0 aromatic heterocycles. The number of carboxylic acids is 1. The van der Waals surface area contributed by atoms with Gasteiger partial charge >= 0.3 is 5.97 Å². The van der Waals surface area contributed by atoms with E-state index in [4.69, 9.17) is 26.8 Å². The minimum Gasteiger partial charge on any atom is -0.478 e. The van der Waals surface area contributed by atoms with Gasteiger partial charge in [0.05, 0.1) is 22.9 Å². The summed E-state index contributed by atoms with van der Waals surface area (Å²) in [4.78, 5) is 11.2. The van der Waals surface area contributed by atoms with Crippen LogP contribution in [-0.2, 0) is 0 Å². The molecule has 0 heterocycles. The summed E-state index contributed by atoms with van der Waals surface area (Å²) in [6.07, 6.45) is 0. The fourth-order valence-electron chi connectivity index (χ4n) is 1.43. The van der Waals surface area contributed by atoms with E-state index < -0.39 is 11.8 Å². The monoisotopic (exact) mass is 270 g/mol. The first kappa shape index (κ1) is 14.7. The van der Waals surface area contributed by atoms with Crippen molar-refractivity contribution in [2.24, 2.45) is 10.8 Å². The second-order valence-corrected chi connectivity index (χ2v) is 3.73. The van der Waals surface area contributed by atoms with Crippen molar-refractivity contribution in [3.8, 4) is 12.1 Å². The summed E-state index contributed by atoms with van der Waals surface area (Å²) in [5, 5.41) is 37.3. The highest BCUT2D eigenvalue weighted by Crippen LogP contribution is 2.23. The number of aryl methyl sites for hydroxylation is 1. The molecule has 5 N–H and O–H groups in total. The number of hydrogen-bond donors (Lipinski definition) is 4. The van der Waals surface area contributed by atoms with Gasteiger partial charge in [-0.05, 0) is 24.6 Å². The van der Waals surface area contributed by atoms with Gasteiger partial charge in [0.2, 0.25) is 5.71 Å². The number of carbonyl (C=O) groups is 1. The summed E-state index contributed by atoms with van der Waals surface area (Å²) in [7, 11) is 0. The van der Waals surface area contributed by atoms with Crippen molar-refractivity contribution in [2.45, 2.75) is 6.92 Å². The zero-order chi connectivity index (χ0) is 15.3. The first-order valence-electron chi connectivity index (χ1n) is 5.27. The van der Waals surface area contributed by atoms with Gasteiger partial charge in [0.15, 0.2) is 5.84 Å².